The van der Waals surface area contributed by atoms with Crippen LogP contribution in [0.4, 0.5) is 0 Å². The summed E-state index contributed by atoms with van der Waals surface area (Å²) in [4.78, 5) is 25.3. The first-order valence-corrected chi connectivity index (χ1v) is 5.82. The third kappa shape index (κ3) is 3.20. The average molecular weight is 258 g/mol. The fraction of sp³-hybridized carbons (Fsp3) is 0.111. The van der Waals surface area contributed by atoms with Crippen LogP contribution in [-0.2, 0) is 9.59 Å². The van der Waals surface area contributed by atoms with Crippen molar-refractivity contribution in [1.82, 2.24) is 5.32 Å². The van der Waals surface area contributed by atoms with Gasteiger partial charge in [-0.15, -0.1) is 0 Å². The minimum absolute atomic E-state index is 0.0916. The maximum atomic E-state index is 10.7. The molecule has 1 amide bonds. The second-order valence-corrected chi connectivity index (χ2v) is 4.24. The van der Waals surface area contributed by atoms with Gasteiger partial charge in [0.05, 0.1) is 0 Å². The molecule has 0 aliphatic heterocycles. The van der Waals surface area contributed by atoms with E-state index in [9.17, 15) is 9.59 Å². The van der Waals surface area contributed by atoms with Gasteiger partial charge in [-0.25, -0.2) is 0 Å². The molecule has 0 saturated carbocycles. The van der Waals surface area contributed by atoms with E-state index < -0.39 is 5.97 Å². The van der Waals surface area contributed by atoms with Crippen molar-refractivity contribution in [3.8, 4) is 0 Å². The fourth-order valence-electron chi connectivity index (χ4n) is 0.865. The van der Waals surface area contributed by atoms with Crippen molar-refractivity contribution in [2.45, 2.75) is 6.92 Å². The Morgan fingerprint density at radius 2 is 2.29 bits per heavy atom. The van der Waals surface area contributed by atoms with Crippen LogP contribution in [0.15, 0.2) is 21.6 Å². The van der Waals surface area contributed by atoms with Crippen LogP contribution >= 0.6 is 0 Å². The number of amides is 1. The van der Waals surface area contributed by atoms with Gasteiger partial charge in [0, 0.05) is 0 Å². The molecular formula is C9H9NO3Se. The van der Waals surface area contributed by atoms with Gasteiger partial charge in [-0.1, -0.05) is 0 Å². The quantitative estimate of drug-likeness (QED) is 0.605. The van der Waals surface area contributed by atoms with Crippen molar-refractivity contribution in [3.05, 3.63) is 27.2 Å². The van der Waals surface area contributed by atoms with Crippen molar-refractivity contribution in [3.63, 3.8) is 0 Å². The third-order valence-corrected chi connectivity index (χ3v) is 2.87. The second kappa shape index (κ2) is 4.79. The van der Waals surface area contributed by atoms with E-state index in [0.29, 0.717) is 14.5 Å². The number of carbonyl (C=O) groups excluding carboxylic acids is 1. The number of carboxylic acids is 1. The summed E-state index contributed by atoms with van der Waals surface area (Å²) in [6, 6.07) is 1.84. The Balaban J connectivity index is 2.88. The molecule has 5 heteroatoms. The predicted molar refractivity (Wildman–Crippen MR) is 52.8 cm³/mol. The predicted octanol–water partition coefficient (Wildman–Crippen LogP) is 0.305. The van der Waals surface area contributed by atoms with Gasteiger partial charge in [0.15, 0.2) is 0 Å². The maximum absolute atomic E-state index is 10.7. The molecule has 0 saturated heterocycles. The van der Waals surface area contributed by atoms with E-state index in [2.05, 4.69) is 5.32 Å². The molecule has 2 N–H and O–H groups in total. The summed E-state index contributed by atoms with van der Waals surface area (Å²) in [7, 11) is 0. The van der Waals surface area contributed by atoms with E-state index in [0.717, 1.165) is 5.56 Å². The molecule has 0 aliphatic carbocycles. The number of carboxylic acid groups (broad SMARTS) is 1. The summed E-state index contributed by atoms with van der Waals surface area (Å²) >= 11 is 0.311. The Hall–Kier alpha value is -1.32. The van der Waals surface area contributed by atoms with Crippen LogP contribution in [0.3, 0.4) is 0 Å². The molecule has 1 rings (SSSR count). The first kappa shape index (κ1) is 10.8. The van der Waals surface area contributed by atoms with Crippen LogP contribution in [0.2, 0.25) is 0 Å². The Bertz CT molecular complexity index is 367. The second-order valence-electron chi connectivity index (χ2n) is 2.60. The van der Waals surface area contributed by atoms with Crippen LogP contribution in [0.5, 0.6) is 0 Å². The molecule has 1 heterocycles. The van der Waals surface area contributed by atoms with E-state index in [1.807, 2.05) is 15.9 Å². The molecule has 1 aromatic rings. The van der Waals surface area contributed by atoms with Gasteiger partial charge in [-0.2, -0.15) is 0 Å². The van der Waals surface area contributed by atoms with Crippen molar-refractivity contribution in [2.24, 2.45) is 0 Å². The molecule has 4 nitrogen and oxygen atoms in total. The van der Waals surface area contributed by atoms with Crippen molar-refractivity contribution < 1.29 is 14.7 Å². The van der Waals surface area contributed by atoms with Crippen LogP contribution in [0, 0.1) is 0 Å². The van der Waals surface area contributed by atoms with Gasteiger partial charge >= 0.3 is 86.6 Å². The monoisotopic (exact) mass is 259 g/mol. The van der Waals surface area contributed by atoms with Crippen LogP contribution in [0.1, 0.15) is 12.5 Å². The average Bonchev–Trinajstić information content (AvgIpc) is 2.54. The topological polar surface area (TPSA) is 66.4 Å². The van der Waals surface area contributed by atoms with Gasteiger partial charge in [0.25, 0.3) is 0 Å². The van der Waals surface area contributed by atoms with Crippen molar-refractivity contribution in [1.29, 1.82) is 0 Å². The van der Waals surface area contributed by atoms with E-state index in [-0.39, 0.29) is 11.6 Å². The standard InChI is InChI=1S/C9H9NO3Se/c1-6(11)10-8(9(12)13)4-7-2-3-14-5-7/h2-5H,1H3,(H,10,11)(H,12,13). The molecule has 0 fully saturated rings. The number of nitrogens with one attached hydrogen (secondary N) is 1. The molecule has 0 bridgehead atoms. The fourth-order valence-corrected chi connectivity index (χ4v) is 2.16. The zero-order valence-corrected chi connectivity index (χ0v) is 9.19. The zero-order chi connectivity index (χ0) is 10.6. The third-order valence-electron chi connectivity index (χ3n) is 1.40. The van der Waals surface area contributed by atoms with E-state index >= 15 is 0 Å². The molecule has 0 aliphatic rings. The first-order chi connectivity index (χ1) is 6.59. The van der Waals surface area contributed by atoms with Gasteiger partial charge in [0.2, 0.25) is 0 Å². The van der Waals surface area contributed by atoms with E-state index in [1.165, 1.54) is 13.0 Å². The SMILES string of the molecule is CC(=O)NC(=Cc1cc[se]c1)C(=O)O. The molecule has 74 valence electrons. The van der Waals surface area contributed by atoms with Crippen molar-refractivity contribution in [2.75, 3.05) is 0 Å². The molecule has 0 aromatic carbocycles. The number of hydrogen-bond acceptors (Lipinski definition) is 2. The van der Waals surface area contributed by atoms with E-state index in [1.54, 1.807) is 0 Å². The van der Waals surface area contributed by atoms with Gasteiger partial charge in [-0.05, 0) is 0 Å². The summed E-state index contributed by atoms with van der Waals surface area (Å²) in [6.07, 6.45) is 1.45. The summed E-state index contributed by atoms with van der Waals surface area (Å²) < 4.78 is 0. The summed E-state index contributed by atoms with van der Waals surface area (Å²) in [5.74, 6) is -1.51. The molecule has 0 unspecified atom stereocenters. The summed E-state index contributed by atoms with van der Waals surface area (Å²) in [5.41, 5.74) is 0.738. The number of carbonyl (C=O) groups is 2. The molecule has 0 radical (unpaired) electrons. The van der Waals surface area contributed by atoms with Crippen LogP contribution in [0.25, 0.3) is 6.08 Å². The molecule has 0 atom stereocenters. The normalized spacial score (nSPS) is 11.1. The summed E-state index contributed by atoms with van der Waals surface area (Å²) in [5, 5.41) is 11.0. The van der Waals surface area contributed by atoms with Crippen molar-refractivity contribution >= 4 is 32.5 Å². The summed E-state index contributed by atoms with van der Waals surface area (Å²) in [6.45, 7) is 1.28. The minimum atomic E-state index is -1.13. The van der Waals surface area contributed by atoms with E-state index in [4.69, 9.17) is 5.11 Å². The first-order valence-electron chi connectivity index (χ1n) is 3.84. The Morgan fingerprint density at radius 3 is 2.71 bits per heavy atom. The molecule has 1 aromatic heterocycles. The Kier molecular flexibility index (Phi) is 3.68. The van der Waals surface area contributed by atoms with Gasteiger partial charge in [-0.3, -0.25) is 0 Å². The van der Waals surface area contributed by atoms with Gasteiger partial charge in [0.1, 0.15) is 0 Å². The Morgan fingerprint density at radius 1 is 1.57 bits per heavy atom. The number of rotatable bonds is 3. The Labute approximate surface area is 87.0 Å². The van der Waals surface area contributed by atoms with Gasteiger partial charge < -0.3 is 0 Å². The number of aliphatic carboxylic acids is 1. The molecular weight excluding hydrogens is 249 g/mol. The van der Waals surface area contributed by atoms with Crippen LogP contribution in [-0.4, -0.2) is 31.5 Å². The van der Waals surface area contributed by atoms with Crippen LogP contribution < -0.4 is 5.32 Å². The zero-order valence-electron chi connectivity index (χ0n) is 7.48. The molecule has 14 heavy (non-hydrogen) atoms. The number of hydrogen-bond donors (Lipinski definition) is 2. The molecule has 0 spiro atoms.